The summed E-state index contributed by atoms with van der Waals surface area (Å²) < 4.78 is 40.0. The van der Waals surface area contributed by atoms with Gasteiger partial charge >= 0.3 is 6.18 Å². The molecule has 2 aromatic rings. The molecule has 1 aromatic carbocycles. The van der Waals surface area contributed by atoms with Gasteiger partial charge in [-0.25, -0.2) is 0 Å². The highest BCUT2D eigenvalue weighted by Crippen LogP contribution is 2.43. The van der Waals surface area contributed by atoms with E-state index in [2.05, 4.69) is 4.98 Å². The number of para-hydroxylation sites is 1. The summed E-state index contributed by atoms with van der Waals surface area (Å²) in [7, 11) is 0. The van der Waals surface area contributed by atoms with Crippen molar-refractivity contribution in [3.05, 3.63) is 35.5 Å². The summed E-state index contributed by atoms with van der Waals surface area (Å²) >= 11 is 0. The van der Waals surface area contributed by atoms with E-state index in [9.17, 15) is 18.0 Å². The smallest absolute Gasteiger partial charge is 0.356 e. The van der Waals surface area contributed by atoms with Gasteiger partial charge in [0.15, 0.2) is 6.04 Å². The Morgan fingerprint density at radius 1 is 1.35 bits per heavy atom. The first kappa shape index (κ1) is 13.0. The lowest BCUT2D eigenvalue weighted by atomic mass is 9.97. The molecule has 0 spiro atoms. The van der Waals surface area contributed by atoms with Crippen LogP contribution in [0.2, 0.25) is 0 Å². The van der Waals surface area contributed by atoms with Crippen LogP contribution in [0.4, 0.5) is 13.2 Å². The van der Waals surface area contributed by atoms with Crippen LogP contribution in [0.5, 0.6) is 0 Å². The summed E-state index contributed by atoms with van der Waals surface area (Å²) in [6.07, 6.45) is -4.05. The fraction of sp³-hybridized carbons (Fsp3) is 0.357. The van der Waals surface area contributed by atoms with Gasteiger partial charge in [0.25, 0.3) is 0 Å². The maximum absolute atomic E-state index is 13.3. The highest BCUT2D eigenvalue weighted by molar-refractivity contribution is 5.86. The Morgan fingerprint density at radius 3 is 2.70 bits per heavy atom. The Balaban J connectivity index is 2.22. The van der Waals surface area contributed by atoms with Crippen molar-refractivity contribution in [2.24, 2.45) is 0 Å². The number of amides is 1. The molecule has 0 radical (unpaired) electrons. The van der Waals surface area contributed by atoms with Crippen LogP contribution < -0.4 is 0 Å². The normalized spacial score (nSPS) is 19.2. The Bertz CT molecular complexity index is 675. The SMILES string of the molecule is CC(=O)N1CCc2c([nH]c3ccccc23)[C@H]1C(F)(F)F. The minimum absolute atomic E-state index is 0.0916. The van der Waals surface area contributed by atoms with Crippen LogP contribution >= 0.6 is 0 Å². The van der Waals surface area contributed by atoms with Crippen LogP contribution in [0, 0.1) is 0 Å². The largest absolute Gasteiger partial charge is 0.414 e. The third-order valence-electron chi connectivity index (χ3n) is 3.75. The van der Waals surface area contributed by atoms with Crippen LogP contribution in [-0.4, -0.2) is 28.5 Å². The zero-order valence-corrected chi connectivity index (χ0v) is 10.8. The number of halogens is 3. The number of alkyl halides is 3. The lowest BCUT2D eigenvalue weighted by Gasteiger charge is -2.36. The molecule has 0 saturated carbocycles. The van der Waals surface area contributed by atoms with E-state index in [1.807, 2.05) is 6.07 Å². The van der Waals surface area contributed by atoms with Crippen molar-refractivity contribution < 1.29 is 18.0 Å². The molecule has 1 amide bonds. The summed E-state index contributed by atoms with van der Waals surface area (Å²) in [4.78, 5) is 15.2. The van der Waals surface area contributed by atoms with E-state index in [1.54, 1.807) is 18.2 Å². The number of aromatic amines is 1. The fourth-order valence-electron chi connectivity index (χ4n) is 2.92. The minimum atomic E-state index is -4.48. The molecule has 2 heterocycles. The number of benzene rings is 1. The van der Waals surface area contributed by atoms with Crippen molar-refractivity contribution >= 4 is 16.8 Å². The van der Waals surface area contributed by atoms with Crippen molar-refractivity contribution in [3.63, 3.8) is 0 Å². The van der Waals surface area contributed by atoms with Crippen molar-refractivity contribution in [3.8, 4) is 0 Å². The topological polar surface area (TPSA) is 36.1 Å². The lowest BCUT2D eigenvalue weighted by Crippen LogP contribution is -2.45. The maximum atomic E-state index is 13.3. The Morgan fingerprint density at radius 2 is 2.05 bits per heavy atom. The summed E-state index contributed by atoms with van der Waals surface area (Å²) in [5, 5.41) is 0.806. The maximum Gasteiger partial charge on any atom is 0.414 e. The van der Waals surface area contributed by atoms with Crippen molar-refractivity contribution in [1.29, 1.82) is 0 Å². The molecular formula is C14H13F3N2O. The summed E-state index contributed by atoms with van der Waals surface area (Å²) in [5.74, 6) is -0.559. The highest BCUT2D eigenvalue weighted by Gasteiger charge is 2.49. The third kappa shape index (κ3) is 1.87. The molecule has 1 aliphatic heterocycles. The molecule has 0 fully saturated rings. The minimum Gasteiger partial charge on any atom is -0.356 e. The molecule has 1 atom stereocenters. The number of carbonyl (C=O) groups excluding carboxylic acids is 1. The number of rotatable bonds is 0. The molecular weight excluding hydrogens is 269 g/mol. The van der Waals surface area contributed by atoms with Crippen LogP contribution in [0.25, 0.3) is 10.9 Å². The van der Waals surface area contributed by atoms with Gasteiger partial charge < -0.3 is 9.88 Å². The average Bonchev–Trinajstić information content (AvgIpc) is 2.74. The monoisotopic (exact) mass is 282 g/mol. The van der Waals surface area contributed by atoms with Crippen LogP contribution in [0.1, 0.15) is 24.2 Å². The standard InChI is InChI=1S/C14H13F3N2O/c1-8(20)19-7-6-10-9-4-2-3-5-11(9)18-12(10)13(19)14(15,16)17/h2-5,13,18H,6-7H2,1H3/t13-/m0/s1. The van der Waals surface area contributed by atoms with Gasteiger partial charge in [-0.1, -0.05) is 18.2 Å². The van der Waals surface area contributed by atoms with Gasteiger partial charge in [0.1, 0.15) is 0 Å². The summed E-state index contributed by atoms with van der Waals surface area (Å²) in [6, 6.07) is 5.25. The highest BCUT2D eigenvalue weighted by atomic mass is 19.4. The molecule has 6 heteroatoms. The van der Waals surface area contributed by atoms with Gasteiger partial charge in [-0.3, -0.25) is 4.79 Å². The van der Waals surface area contributed by atoms with E-state index in [-0.39, 0.29) is 12.2 Å². The lowest BCUT2D eigenvalue weighted by molar-refractivity contribution is -0.194. The Labute approximate surface area is 113 Å². The second-order valence-electron chi connectivity index (χ2n) is 4.97. The molecule has 3 nitrogen and oxygen atoms in total. The van der Waals surface area contributed by atoms with Crippen LogP contribution in [0.15, 0.2) is 24.3 Å². The van der Waals surface area contributed by atoms with Crippen molar-refractivity contribution in [2.45, 2.75) is 25.6 Å². The first-order chi connectivity index (χ1) is 9.39. The quantitative estimate of drug-likeness (QED) is 0.791. The van der Waals surface area contributed by atoms with Crippen molar-refractivity contribution in [1.82, 2.24) is 9.88 Å². The molecule has 3 rings (SSSR count). The predicted octanol–water partition coefficient (Wildman–Crippen LogP) is 3.18. The summed E-state index contributed by atoms with van der Waals surface area (Å²) in [6.45, 7) is 1.26. The van der Waals surface area contributed by atoms with E-state index < -0.39 is 18.1 Å². The van der Waals surface area contributed by atoms with Crippen molar-refractivity contribution in [2.75, 3.05) is 6.54 Å². The zero-order valence-electron chi connectivity index (χ0n) is 10.8. The molecule has 0 bridgehead atoms. The molecule has 0 unspecified atom stereocenters. The molecule has 1 aromatic heterocycles. The molecule has 20 heavy (non-hydrogen) atoms. The number of hydrogen-bond acceptors (Lipinski definition) is 1. The zero-order chi connectivity index (χ0) is 14.5. The predicted molar refractivity (Wildman–Crippen MR) is 68.2 cm³/mol. The van der Waals surface area contributed by atoms with Gasteiger partial charge in [0.2, 0.25) is 5.91 Å². The number of nitrogens with zero attached hydrogens (tertiary/aromatic N) is 1. The summed E-state index contributed by atoms with van der Waals surface area (Å²) in [5.41, 5.74) is 1.44. The van der Waals surface area contributed by atoms with E-state index in [4.69, 9.17) is 0 Å². The molecule has 1 N–H and O–H groups in total. The first-order valence-corrected chi connectivity index (χ1v) is 6.33. The van der Waals surface area contributed by atoms with Gasteiger partial charge in [0.05, 0.1) is 5.69 Å². The molecule has 0 saturated heterocycles. The van der Waals surface area contributed by atoms with E-state index in [1.165, 1.54) is 6.92 Å². The molecule has 1 aliphatic rings. The van der Waals surface area contributed by atoms with Crippen LogP contribution in [-0.2, 0) is 11.2 Å². The Kier molecular flexibility index (Phi) is 2.77. The van der Waals surface area contributed by atoms with Gasteiger partial charge in [-0.15, -0.1) is 0 Å². The second-order valence-corrected chi connectivity index (χ2v) is 4.97. The van der Waals surface area contributed by atoms with Gasteiger partial charge in [0, 0.05) is 24.4 Å². The van der Waals surface area contributed by atoms with Crippen LogP contribution in [0.3, 0.4) is 0 Å². The number of H-pyrrole nitrogens is 1. The third-order valence-corrected chi connectivity index (χ3v) is 3.75. The number of hydrogen-bond donors (Lipinski definition) is 1. The second kappa shape index (κ2) is 4.26. The first-order valence-electron chi connectivity index (χ1n) is 6.33. The van der Waals surface area contributed by atoms with Gasteiger partial charge in [-0.2, -0.15) is 13.2 Å². The number of aromatic nitrogens is 1. The van der Waals surface area contributed by atoms with Gasteiger partial charge in [-0.05, 0) is 18.1 Å². The van der Waals surface area contributed by atoms with E-state index in [0.29, 0.717) is 17.5 Å². The molecule has 106 valence electrons. The fourth-order valence-corrected chi connectivity index (χ4v) is 2.92. The molecule has 0 aliphatic carbocycles. The number of carbonyl (C=O) groups is 1. The average molecular weight is 282 g/mol. The van der Waals surface area contributed by atoms with E-state index >= 15 is 0 Å². The Hall–Kier alpha value is -1.98. The van der Waals surface area contributed by atoms with E-state index in [0.717, 1.165) is 10.3 Å². The number of nitrogens with one attached hydrogen (secondary N) is 1. The number of fused-ring (bicyclic) bond motifs is 3.